The molecule has 4 heteroatoms. The van der Waals surface area contributed by atoms with Crippen LogP contribution in [0.5, 0.6) is 0 Å². The molecule has 0 atom stereocenters. The van der Waals surface area contributed by atoms with E-state index in [4.69, 9.17) is 0 Å². The Balaban J connectivity index is 2.16. The zero-order valence-electron chi connectivity index (χ0n) is 10.9. The lowest BCUT2D eigenvalue weighted by molar-refractivity contribution is 0.102. The summed E-state index contributed by atoms with van der Waals surface area (Å²) in [5.74, 6) is -0.206. The van der Waals surface area contributed by atoms with Crippen molar-refractivity contribution in [2.45, 2.75) is 0 Å². The first kappa shape index (κ1) is 13.6. The topological polar surface area (TPSA) is 47.0 Å². The zero-order chi connectivity index (χ0) is 14.8. The Hall–Kier alpha value is -2.33. The van der Waals surface area contributed by atoms with E-state index in [1.165, 1.54) is 0 Å². The first-order valence-corrected chi connectivity index (χ1v) is 7.13. The average molecular weight is 340 g/mol. The number of hydrogen-bond donors (Lipinski definition) is 0. The highest BCUT2D eigenvalue weighted by molar-refractivity contribution is 9.10. The number of pyridine rings is 1. The molecule has 0 spiro atoms. The Labute approximate surface area is 129 Å². The first-order chi connectivity index (χ1) is 10.2. The van der Waals surface area contributed by atoms with Gasteiger partial charge in [0.25, 0.3) is 0 Å². The molecule has 1 aromatic heterocycles. The molecule has 0 fully saturated rings. The van der Waals surface area contributed by atoms with Crippen LogP contribution in [0, 0.1) is 0 Å². The second-order valence-corrected chi connectivity index (χ2v) is 5.48. The Morgan fingerprint density at radius 3 is 2.48 bits per heavy atom. The summed E-state index contributed by atoms with van der Waals surface area (Å²) in [5.41, 5.74) is 1.72. The summed E-state index contributed by atoms with van der Waals surface area (Å²) < 4.78 is 0.895. The van der Waals surface area contributed by atoms with Gasteiger partial charge in [0, 0.05) is 15.4 Å². The van der Waals surface area contributed by atoms with Gasteiger partial charge in [-0.25, -0.2) is 4.98 Å². The number of ketones is 1. The molecule has 0 aliphatic heterocycles. The van der Waals surface area contributed by atoms with Gasteiger partial charge in [-0.3, -0.25) is 9.59 Å². The van der Waals surface area contributed by atoms with Crippen LogP contribution in [-0.4, -0.2) is 17.1 Å². The van der Waals surface area contributed by atoms with Crippen molar-refractivity contribution in [3.8, 4) is 0 Å². The Bertz CT molecular complexity index is 841. The van der Waals surface area contributed by atoms with E-state index in [9.17, 15) is 9.59 Å². The summed E-state index contributed by atoms with van der Waals surface area (Å²) in [6, 6.07) is 16.2. The van der Waals surface area contributed by atoms with Gasteiger partial charge in [-0.05, 0) is 36.4 Å². The standard InChI is InChI=1S/C17H10BrNO2/c18-13-7-5-11(6-8-13)17(21)14-9-12-3-1-2-4-15(12)19-16(14)10-20/h1-10H. The van der Waals surface area contributed by atoms with E-state index in [0.29, 0.717) is 22.9 Å². The Morgan fingerprint density at radius 1 is 1.05 bits per heavy atom. The van der Waals surface area contributed by atoms with Crippen LogP contribution in [0.2, 0.25) is 0 Å². The lowest BCUT2D eigenvalue weighted by atomic mass is 10.0. The molecule has 3 aromatic rings. The molecule has 0 saturated carbocycles. The molecule has 21 heavy (non-hydrogen) atoms. The quantitative estimate of drug-likeness (QED) is 0.534. The van der Waals surface area contributed by atoms with E-state index in [1.807, 2.05) is 24.3 Å². The number of carbonyl (C=O) groups excluding carboxylic acids is 2. The molecular weight excluding hydrogens is 330 g/mol. The summed E-state index contributed by atoms with van der Waals surface area (Å²) >= 11 is 3.33. The van der Waals surface area contributed by atoms with Crippen molar-refractivity contribution in [1.29, 1.82) is 0 Å². The lowest BCUT2D eigenvalue weighted by Crippen LogP contribution is -2.07. The summed E-state index contributed by atoms with van der Waals surface area (Å²) in [5, 5.41) is 0.837. The number of aldehydes is 1. The van der Waals surface area contributed by atoms with Gasteiger partial charge < -0.3 is 0 Å². The van der Waals surface area contributed by atoms with E-state index in [-0.39, 0.29) is 11.5 Å². The highest BCUT2D eigenvalue weighted by Crippen LogP contribution is 2.20. The molecule has 3 rings (SSSR count). The van der Waals surface area contributed by atoms with Crippen LogP contribution in [0.3, 0.4) is 0 Å². The van der Waals surface area contributed by atoms with Crippen LogP contribution in [0.15, 0.2) is 59.1 Å². The van der Waals surface area contributed by atoms with Gasteiger partial charge in [0.1, 0.15) is 5.69 Å². The summed E-state index contributed by atoms with van der Waals surface area (Å²) in [7, 11) is 0. The smallest absolute Gasteiger partial charge is 0.195 e. The van der Waals surface area contributed by atoms with Crippen LogP contribution < -0.4 is 0 Å². The van der Waals surface area contributed by atoms with Crippen LogP contribution >= 0.6 is 15.9 Å². The number of rotatable bonds is 3. The first-order valence-electron chi connectivity index (χ1n) is 6.34. The minimum atomic E-state index is -0.206. The number of carbonyl (C=O) groups is 2. The van der Waals surface area contributed by atoms with Crippen molar-refractivity contribution in [1.82, 2.24) is 4.98 Å². The van der Waals surface area contributed by atoms with E-state index < -0.39 is 0 Å². The van der Waals surface area contributed by atoms with Crippen LogP contribution in [-0.2, 0) is 0 Å². The summed E-state index contributed by atoms with van der Waals surface area (Å²) in [6.07, 6.45) is 0.624. The Kier molecular flexibility index (Phi) is 3.62. The van der Waals surface area contributed by atoms with Crippen LogP contribution in [0.4, 0.5) is 0 Å². The minimum absolute atomic E-state index is 0.168. The third kappa shape index (κ3) is 2.62. The number of fused-ring (bicyclic) bond motifs is 1. The molecule has 0 aliphatic carbocycles. The van der Waals surface area contributed by atoms with Crippen molar-refractivity contribution < 1.29 is 9.59 Å². The molecule has 0 N–H and O–H groups in total. The molecule has 0 radical (unpaired) electrons. The predicted octanol–water partition coefficient (Wildman–Crippen LogP) is 4.04. The molecule has 0 amide bonds. The highest BCUT2D eigenvalue weighted by Gasteiger charge is 2.15. The molecule has 2 aromatic carbocycles. The van der Waals surface area contributed by atoms with E-state index in [0.717, 1.165) is 9.86 Å². The second kappa shape index (κ2) is 5.58. The molecule has 3 nitrogen and oxygen atoms in total. The van der Waals surface area contributed by atoms with Gasteiger partial charge in [0.05, 0.1) is 11.1 Å². The van der Waals surface area contributed by atoms with Gasteiger partial charge >= 0.3 is 0 Å². The van der Waals surface area contributed by atoms with Crippen LogP contribution in [0.25, 0.3) is 10.9 Å². The van der Waals surface area contributed by atoms with Crippen LogP contribution in [0.1, 0.15) is 26.4 Å². The maximum Gasteiger partial charge on any atom is 0.195 e. The maximum atomic E-state index is 12.6. The van der Waals surface area contributed by atoms with E-state index in [1.54, 1.807) is 30.3 Å². The van der Waals surface area contributed by atoms with Gasteiger partial charge in [-0.1, -0.05) is 34.1 Å². The van der Waals surface area contributed by atoms with Gasteiger partial charge in [0.15, 0.2) is 12.1 Å². The number of halogens is 1. The lowest BCUT2D eigenvalue weighted by Gasteiger charge is -2.06. The Morgan fingerprint density at radius 2 is 1.76 bits per heavy atom. The number of para-hydroxylation sites is 1. The van der Waals surface area contributed by atoms with E-state index >= 15 is 0 Å². The second-order valence-electron chi connectivity index (χ2n) is 4.57. The molecular formula is C17H10BrNO2. The summed E-state index contributed by atoms with van der Waals surface area (Å²) in [4.78, 5) is 28.1. The predicted molar refractivity (Wildman–Crippen MR) is 84.7 cm³/mol. The van der Waals surface area contributed by atoms with Crippen molar-refractivity contribution in [2.24, 2.45) is 0 Å². The number of hydrogen-bond acceptors (Lipinski definition) is 3. The molecule has 1 heterocycles. The fourth-order valence-corrected chi connectivity index (χ4v) is 2.42. The number of benzene rings is 2. The minimum Gasteiger partial charge on any atom is -0.296 e. The normalized spacial score (nSPS) is 10.5. The van der Waals surface area contributed by atoms with Crippen molar-refractivity contribution >= 4 is 38.9 Å². The highest BCUT2D eigenvalue weighted by atomic mass is 79.9. The number of aromatic nitrogens is 1. The maximum absolute atomic E-state index is 12.6. The van der Waals surface area contributed by atoms with Crippen molar-refractivity contribution in [3.05, 3.63) is 75.9 Å². The molecule has 0 bridgehead atoms. The van der Waals surface area contributed by atoms with E-state index in [2.05, 4.69) is 20.9 Å². The third-order valence-corrected chi connectivity index (χ3v) is 3.74. The molecule has 0 unspecified atom stereocenters. The number of nitrogens with zero attached hydrogens (tertiary/aromatic N) is 1. The molecule has 0 saturated heterocycles. The fourth-order valence-electron chi connectivity index (χ4n) is 2.16. The van der Waals surface area contributed by atoms with Crippen molar-refractivity contribution in [3.63, 3.8) is 0 Å². The molecule has 102 valence electrons. The van der Waals surface area contributed by atoms with Gasteiger partial charge in [-0.15, -0.1) is 0 Å². The monoisotopic (exact) mass is 339 g/mol. The average Bonchev–Trinajstić information content (AvgIpc) is 2.53. The largest absolute Gasteiger partial charge is 0.296 e. The third-order valence-electron chi connectivity index (χ3n) is 3.22. The zero-order valence-corrected chi connectivity index (χ0v) is 12.5. The van der Waals surface area contributed by atoms with Gasteiger partial charge in [0.2, 0.25) is 0 Å². The fraction of sp³-hybridized carbons (Fsp3) is 0. The molecule has 0 aliphatic rings. The summed E-state index contributed by atoms with van der Waals surface area (Å²) in [6.45, 7) is 0. The van der Waals surface area contributed by atoms with Gasteiger partial charge in [-0.2, -0.15) is 0 Å². The van der Waals surface area contributed by atoms with Crippen molar-refractivity contribution in [2.75, 3.05) is 0 Å². The SMILES string of the molecule is O=Cc1nc2ccccc2cc1C(=O)c1ccc(Br)cc1.